The summed E-state index contributed by atoms with van der Waals surface area (Å²) in [6.45, 7) is 0. The molecule has 0 saturated carbocycles. The molecule has 0 spiro atoms. The second-order valence-corrected chi connectivity index (χ2v) is 7.55. The van der Waals surface area contributed by atoms with Gasteiger partial charge in [0.2, 0.25) is 0 Å². The van der Waals surface area contributed by atoms with Crippen LogP contribution in [-0.2, 0) is 14.9 Å². The number of halogens is 1. The Labute approximate surface area is 138 Å². The standard InChI is InChI=1S/C16H16BrNO3S/c17-12-14-11-16(13-7-3-1-4-8-13)21-18(14)22(19,20)15-9-5-2-6-10-15/h1-10,14,16H,11-12H2/t14-,16-/m0/s1. The van der Waals surface area contributed by atoms with Crippen LogP contribution in [-0.4, -0.2) is 24.3 Å². The van der Waals surface area contributed by atoms with E-state index in [4.69, 9.17) is 4.84 Å². The van der Waals surface area contributed by atoms with Crippen LogP contribution in [0.25, 0.3) is 0 Å². The van der Waals surface area contributed by atoms with Gasteiger partial charge in [-0.3, -0.25) is 4.84 Å². The van der Waals surface area contributed by atoms with Crippen molar-refractivity contribution >= 4 is 26.0 Å². The van der Waals surface area contributed by atoms with E-state index >= 15 is 0 Å². The van der Waals surface area contributed by atoms with Crippen molar-refractivity contribution in [3.05, 3.63) is 66.2 Å². The van der Waals surface area contributed by atoms with Gasteiger partial charge in [-0.15, -0.1) is 0 Å². The maximum atomic E-state index is 12.8. The van der Waals surface area contributed by atoms with Crippen molar-refractivity contribution in [2.24, 2.45) is 0 Å². The van der Waals surface area contributed by atoms with E-state index in [-0.39, 0.29) is 17.0 Å². The largest absolute Gasteiger partial charge is 0.276 e. The SMILES string of the molecule is O=S(=O)(c1ccccc1)N1O[C@H](c2ccccc2)C[C@H]1CBr. The third-order valence-corrected chi connectivity index (χ3v) is 6.12. The third-order valence-electron chi connectivity index (χ3n) is 3.64. The van der Waals surface area contributed by atoms with Crippen LogP contribution in [0.1, 0.15) is 18.1 Å². The second kappa shape index (κ2) is 6.50. The summed E-state index contributed by atoms with van der Waals surface area (Å²) in [5.74, 6) is 0. The molecule has 1 aliphatic rings. The summed E-state index contributed by atoms with van der Waals surface area (Å²) in [5, 5.41) is 0.530. The summed E-state index contributed by atoms with van der Waals surface area (Å²) in [5.41, 5.74) is 0.985. The van der Waals surface area contributed by atoms with Crippen LogP contribution >= 0.6 is 15.9 Å². The number of hydrogen-bond donors (Lipinski definition) is 0. The average molecular weight is 382 g/mol. The van der Waals surface area contributed by atoms with Gasteiger partial charge in [0.15, 0.2) is 0 Å². The van der Waals surface area contributed by atoms with Crippen molar-refractivity contribution in [2.45, 2.75) is 23.5 Å². The van der Waals surface area contributed by atoms with Crippen LogP contribution < -0.4 is 0 Å². The minimum Gasteiger partial charge on any atom is -0.276 e. The fourth-order valence-corrected chi connectivity index (χ4v) is 4.72. The molecule has 2 atom stereocenters. The summed E-state index contributed by atoms with van der Waals surface area (Å²) >= 11 is 3.40. The number of hydroxylamine groups is 1. The Hall–Kier alpha value is -1.21. The van der Waals surface area contributed by atoms with Gasteiger partial charge in [-0.2, -0.15) is 0 Å². The van der Waals surface area contributed by atoms with E-state index in [1.807, 2.05) is 30.3 Å². The first kappa shape index (κ1) is 15.7. The molecule has 116 valence electrons. The molecule has 1 saturated heterocycles. The van der Waals surface area contributed by atoms with Crippen molar-refractivity contribution in [1.29, 1.82) is 0 Å². The predicted octanol–water partition coefficient (Wildman–Crippen LogP) is 3.52. The lowest BCUT2D eigenvalue weighted by Gasteiger charge is -2.20. The van der Waals surface area contributed by atoms with Gasteiger partial charge in [0.05, 0.1) is 10.9 Å². The first-order chi connectivity index (χ1) is 10.6. The highest BCUT2D eigenvalue weighted by Gasteiger charge is 2.41. The van der Waals surface area contributed by atoms with Gasteiger partial charge >= 0.3 is 0 Å². The molecule has 22 heavy (non-hydrogen) atoms. The van der Waals surface area contributed by atoms with Crippen LogP contribution in [0.5, 0.6) is 0 Å². The Balaban J connectivity index is 1.90. The Morgan fingerprint density at radius 2 is 1.64 bits per heavy atom. The molecule has 0 aliphatic carbocycles. The fourth-order valence-electron chi connectivity index (χ4n) is 2.52. The second-order valence-electron chi connectivity index (χ2n) is 5.12. The van der Waals surface area contributed by atoms with Crippen LogP contribution in [0.2, 0.25) is 0 Å². The van der Waals surface area contributed by atoms with Crippen LogP contribution in [0, 0.1) is 0 Å². The van der Waals surface area contributed by atoms with E-state index in [0.717, 1.165) is 10.0 Å². The Kier molecular flexibility index (Phi) is 4.63. The fraction of sp³-hybridized carbons (Fsp3) is 0.250. The van der Waals surface area contributed by atoms with Gasteiger partial charge in [0.1, 0.15) is 6.10 Å². The summed E-state index contributed by atoms with van der Waals surface area (Å²) in [6, 6.07) is 17.8. The highest BCUT2D eigenvalue weighted by atomic mass is 79.9. The van der Waals surface area contributed by atoms with Crippen molar-refractivity contribution in [3.8, 4) is 0 Å². The predicted molar refractivity (Wildman–Crippen MR) is 87.9 cm³/mol. The summed E-state index contributed by atoms with van der Waals surface area (Å²) in [4.78, 5) is 6.03. The van der Waals surface area contributed by atoms with E-state index in [1.54, 1.807) is 30.3 Å². The molecule has 1 heterocycles. The third kappa shape index (κ3) is 2.96. The average Bonchev–Trinajstić information content (AvgIpc) is 3.02. The van der Waals surface area contributed by atoms with Crippen molar-refractivity contribution in [1.82, 2.24) is 4.47 Å². The minimum absolute atomic E-state index is 0.226. The Morgan fingerprint density at radius 3 is 2.23 bits per heavy atom. The normalized spacial score (nSPS) is 22.8. The molecular weight excluding hydrogens is 366 g/mol. The molecule has 0 radical (unpaired) electrons. The zero-order valence-electron chi connectivity index (χ0n) is 11.8. The molecule has 4 nitrogen and oxygen atoms in total. The van der Waals surface area contributed by atoms with E-state index < -0.39 is 10.0 Å². The van der Waals surface area contributed by atoms with E-state index in [2.05, 4.69) is 15.9 Å². The summed E-state index contributed by atoms with van der Waals surface area (Å²) in [6.07, 6.45) is 0.378. The molecule has 1 aliphatic heterocycles. The maximum Gasteiger partial charge on any atom is 0.265 e. The number of hydrogen-bond acceptors (Lipinski definition) is 3. The van der Waals surface area contributed by atoms with Gasteiger partial charge in [-0.1, -0.05) is 68.9 Å². The molecular formula is C16H16BrNO3S. The molecule has 0 amide bonds. The van der Waals surface area contributed by atoms with Gasteiger partial charge in [-0.25, -0.2) is 8.42 Å². The smallest absolute Gasteiger partial charge is 0.265 e. The minimum atomic E-state index is -3.66. The highest BCUT2D eigenvalue weighted by Crippen LogP contribution is 2.37. The monoisotopic (exact) mass is 381 g/mol. The number of nitrogens with zero attached hydrogens (tertiary/aromatic N) is 1. The molecule has 2 aromatic carbocycles. The Morgan fingerprint density at radius 1 is 1.05 bits per heavy atom. The first-order valence-electron chi connectivity index (χ1n) is 7.00. The quantitative estimate of drug-likeness (QED) is 0.761. The molecule has 1 fully saturated rings. The zero-order valence-corrected chi connectivity index (χ0v) is 14.2. The zero-order chi connectivity index (χ0) is 15.6. The number of rotatable bonds is 4. The molecule has 0 unspecified atom stereocenters. The molecule has 6 heteroatoms. The molecule has 0 bridgehead atoms. The van der Waals surface area contributed by atoms with Crippen molar-refractivity contribution < 1.29 is 13.3 Å². The summed E-state index contributed by atoms with van der Waals surface area (Å²) < 4.78 is 26.7. The Bertz CT molecular complexity index is 722. The topological polar surface area (TPSA) is 46.6 Å². The van der Waals surface area contributed by atoms with E-state index in [1.165, 1.54) is 0 Å². The van der Waals surface area contributed by atoms with Gasteiger partial charge in [0, 0.05) is 5.33 Å². The van der Waals surface area contributed by atoms with Crippen molar-refractivity contribution in [2.75, 3.05) is 5.33 Å². The van der Waals surface area contributed by atoms with Crippen LogP contribution in [0.3, 0.4) is 0 Å². The molecule has 2 aromatic rings. The number of sulfonamides is 1. The molecule has 0 aromatic heterocycles. The van der Waals surface area contributed by atoms with E-state index in [9.17, 15) is 8.42 Å². The highest BCUT2D eigenvalue weighted by molar-refractivity contribution is 9.09. The lowest BCUT2D eigenvalue weighted by atomic mass is 10.0. The van der Waals surface area contributed by atoms with Crippen molar-refractivity contribution in [3.63, 3.8) is 0 Å². The number of benzene rings is 2. The van der Waals surface area contributed by atoms with Crippen LogP contribution in [0.15, 0.2) is 65.6 Å². The van der Waals surface area contributed by atoms with Crippen LogP contribution in [0.4, 0.5) is 0 Å². The molecule has 3 rings (SSSR count). The van der Waals surface area contributed by atoms with E-state index in [0.29, 0.717) is 11.8 Å². The lowest BCUT2D eigenvalue weighted by Crippen LogP contribution is -2.35. The maximum absolute atomic E-state index is 12.8. The van der Waals surface area contributed by atoms with Gasteiger partial charge in [0.25, 0.3) is 10.0 Å². The van der Waals surface area contributed by atoms with Gasteiger partial charge in [-0.05, 0) is 24.1 Å². The van der Waals surface area contributed by atoms with Gasteiger partial charge < -0.3 is 0 Å². The number of alkyl halides is 1. The summed E-state index contributed by atoms with van der Waals surface area (Å²) in [7, 11) is -3.66. The first-order valence-corrected chi connectivity index (χ1v) is 9.56. The lowest BCUT2D eigenvalue weighted by molar-refractivity contribution is -0.0883. The molecule has 0 N–H and O–H groups in total.